The van der Waals surface area contributed by atoms with E-state index >= 15 is 0 Å². The average molecular weight is 301 g/mol. The van der Waals surface area contributed by atoms with Gasteiger partial charge in [-0.15, -0.1) is 0 Å². The Hall–Kier alpha value is -1.43. The van der Waals surface area contributed by atoms with Gasteiger partial charge in [0.1, 0.15) is 12.4 Å². The van der Waals surface area contributed by atoms with Crippen molar-refractivity contribution in [3.63, 3.8) is 0 Å². The molecule has 0 aliphatic carbocycles. The molecule has 0 bridgehead atoms. The smallest absolute Gasteiger partial charge is 0.136 e. The van der Waals surface area contributed by atoms with Crippen molar-refractivity contribution in [2.24, 2.45) is 0 Å². The summed E-state index contributed by atoms with van der Waals surface area (Å²) in [5.41, 5.74) is 3.58. The van der Waals surface area contributed by atoms with Gasteiger partial charge < -0.3 is 19.4 Å². The summed E-state index contributed by atoms with van der Waals surface area (Å²) >= 11 is 0. The van der Waals surface area contributed by atoms with Crippen molar-refractivity contribution in [1.82, 2.24) is 14.9 Å². The molecule has 0 radical (unpaired) electrons. The van der Waals surface area contributed by atoms with E-state index < -0.39 is 0 Å². The van der Waals surface area contributed by atoms with Crippen LogP contribution in [-0.2, 0) is 16.1 Å². The summed E-state index contributed by atoms with van der Waals surface area (Å²) in [6, 6.07) is 7.35. The molecule has 2 aliphatic heterocycles. The Kier molecular flexibility index (Phi) is 3.86. The molecule has 0 amide bonds. The highest BCUT2D eigenvalue weighted by Gasteiger charge is 2.25. The van der Waals surface area contributed by atoms with E-state index in [-0.39, 0.29) is 0 Å². The molecule has 5 nitrogen and oxygen atoms in total. The highest BCUT2D eigenvalue weighted by Crippen LogP contribution is 2.26. The minimum Gasteiger partial charge on any atom is -0.381 e. The van der Waals surface area contributed by atoms with Crippen LogP contribution in [-0.4, -0.2) is 42.0 Å². The number of ether oxygens (including phenoxy) is 2. The van der Waals surface area contributed by atoms with Crippen molar-refractivity contribution in [1.29, 1.82) is 0 Å². The van der Waals surface area contributed by atoms with Crippen molar-refractivity contribution in [3.8, 4) is 0 Å². The summed E-state index contributed by atoms with van der Waals surface area (Å²) in [5, 5.41) is 3.69. The van der Waals surface area contributed by atoms with E-state index in [1.165, 1.54) is 11.1 Å². The lowest BCUT2D eigenvalue weighted by atomic mass is 10.1. The summed E-state index contributed by atoms with van der Waals surface area (Å²) in [5.74, 6) is 1.05. The van der Waals surface area contributed by atoms with Crippen LogP contribution < -0.4 is 5.32 Å². The van der Waals surface area contributed by atoms with Crippen LogP contribution in [0.5, 0.6) is 0 Å². The normalized spacial score (nSPS) is 22.9. The number of imidazole rings is 1. The summed E-state index contributed by atoms with van der Waals surface area (Å²) in [6.45, 7) is 6.17. The number of rotatable bonds is 3. The van der Waals surface area contributed by atoms with Gasteiger partial charge >= 0.3 is 0 Å². The zero-order valence-corrected chi connectivity index (χ0v) is 13.0. The van der Waals surface area contributed by atoms with Gasteiger partial charge in [0.25, 0.3) is 0 Å². The Morgan fingerprint density at radius 1 is 1.27 bits per heavy atom. The number of hydrogen-bond donors (Lipinski definition) is 1. The molecule has 1 saturated heterocycles. The van der Waals surface area contributed by atoms with E-state index in [2.05, 4.69) is 35.0 Å². The molecule has 1 atom stereocenters. The van der Waals surface area contributed by atoms with Crippen LogP contribution in [0.1, 0.15) is 30.3 Å². The van der Waals surface area contributed by atoms with Gasteiger partial charge in [0.15, 0.2) is 0 Å². The molecule has 3 heterocycles. The maximum Gasteiger partial charge on any atom is 0.136 e. The van der Waals surface area contributed by atoms with Crippen LogP contribution in [0.25, 0.3) is 11.0 Å². The zero-order valence-electron chi connectivity index (χ0n) is 13.0. The van der Waals surface area contributed by atoms with Crippen LogP contribution in [0.4, 0.5) is 0 Å². The lowest BCUT2D eigenvalue weighted by Crippen LogP contribution is -2.40. The predicted molar refractivity (Wildman–Crippen MR) is 85.0 cm³/mol. The monoisotopic (exact) mass is 301 g/mol. The van der Waals surface area contributed by atoms with E-state index in [0.29, 0.717) is 18.7 Å². The molecular formula is C17H23N3O2. The molecule has 5 heteroatoms. The van der Waals surface area contributed by atoms with Crippen LogP contribution >= 0.6 is 0 Å². The quantitative estimate of drug-likeness (QED) is 0.944. The zero-order chi connectivity index (χ0) is 14.9. The Bertz CT molecular complexity index is 661. The van der Waals surface area contributed by atoms with E-state index in [9.17, 15) is 0 Å². The Morgan fingerprint density at radius 3 is 3.00 bits per heavy atom. The standard InChI is InChI=1S/C17H23N3O2/c1-12-2-3-15-16(8-12)20-14(10-22-11-17(20)19-15)9-18-13-4-6-21-7-5-13/h2-3,8,13-14,18H,4-7,9-11H2,1H3/t14-/m0/s1. The maximum absolute atomic E-state index is 5.76. The number of nitrogens with zero attached hydrogens (tertiary/aromatic N) is 2. The van der Waals surface area contributed by atoms with E-state index in [1.54, 1.807) is 0 Å². The van der Waals surface area contributed by atoms with Crippen molar-refractivity contribution >= 4 is 11.0 Å². The molecule has 1 N–H and O–H groups in total. The Morgan fingerprint density at radius 2 is 2.14 bits per heavy atom. The average Bonchev–Trinajstić information content (AvgIpc) is 2.92. The minimum absolute atomic E-state index is 0.318. The predicted octanol–water partition coefficient (Wildman–Crippen LogP) is 2.18. The molecule has 22 heavy (non-hydrogen) atoms. The molecule has 118 valence electrons. The van der Waals surface area contributed by atoms with Gasteiger partial charge in [0.05, 0.1) is 23.7 Å². The van der Waals surface area contributed by atoms with Crippen LogP contribution in [0.2, 0.25) is 0 Å². The molecule has 1 aromatic heterocycles. The third kappa shape index (κ3) is 2.64. The summed E-state index contributed by atoms with van der Waals surface area (Å²) < 4.78 is 13.6. The number of hydrogen-bond acceptors (Lipinski definition) is 4. The first kappa shape index (κ1) is 14.2. The number of benzene rings is 1. The van der Waals surface area contributed by atoms with Crippen LogP contribution in [0, 0.1) is 6.92 Å². The second-order valence-corrected chi connectivity index (χ2v) is 6.35. The third-order valence-corrected chi connectivity index (χ3v) is 4.69. The summed E-state index contributed by atoms with van der Waals surface area (Å²) in [7, 11) is 0. The molecule has 2 aromatic rings. The number of nitrogens with one attached hydrogen (secondary N) is 1. The van der Waals surface area contributed by atoms with Gasteiger partial charge in [-0.2, -0.15) is 0 Å². The largest absolute Gasteiger partial charge is 0.381 e. The van der Waals surface area contributed by atoms with Crippen molar-refractivity contribution in [2.45, 2.75) is 38.5 Å². The van der Waals surface area contributed by atoms with E-state index in [1.807, 2.05) is 0 Å². The van der Waals surface area contributed by atoms with E-state index in [4.69, 9.17) is 14.5 Å². The Balaban J connectivity index is 1.57. The van der Waals surface area contributed by atoms with Gasteiger partial charge in [-0.05, 0) is 37.5 Å². The molecular weight excluding hydrogens is 278 g/mol. The molecule has 0 unspecified atom stereocenters. The minimum atomic E-state index is 0.318. The first-order valence-electron chi connectivity index (χ1n) is 8.17. The van der Waals surface area contributed by atoms with Crippen molar-refractivity contribution in [2.75, 3.05) is 26.4 Å². The lowest BCUT2D eigenvalue weighted by Gasteiger charge is -2.30. The molecule has 0 saturated carbocycles. The number of aryl methyl sites for hydroxylation is 1. The molecule has 1 fully saturated rings. The fourth-order valence-corrected chi connectivity index (χ4v) is 3.48. The third-order valence-electron chi connectivity index (χ3n) is 4.69. The summed E-state index contributed by atoms with van der Waals surface area (Å²) in [4.78, 5) is 4.73. The first-order chi connectivity index (χ1) is 10.8. The second-order valence-electron chi connectivity index (χ2n) is 6.35. The van der Waals surface area contributed by atoms with Gasteiger partial charge in [-0.25, -0.2) is 4.98 Å². The van der Waals surface area contributed by atoms with Crippen LogP contribution in [0.15, 0.2) is 18.2 Å². The molecule has 4 rings (SSSR count). The topological polar surface area (TPSA) is 48.3 Å². The molecule has 1 aromatic carbocycles. The van der Waals surface area contributed by atoms with Crippen molar-refractivity contribution < 1.29 is 9.47 Å². The first-order valence-corrected chi connectivity index (χ1v) is 8.17. The van der Waals surface area contributed by atoms with Crippen molar-refractivity contribution in [3.05, 3.63) is 29.6 Å². The molecule has 0 spiro atoms. The van der Waals surface area contributed by atoms with Crippen LogP contribution in [0.3, 0.4) is 0 Å². The van der Waals surface area contributed by atoms with Gasteiger partial charge in [-0.3, -0.25) is 0 Å². The van der Waals surface area contributed by atoms with E-state index in [0.717, 1.165) is 50.5 Å². The second kappa shape index (κ2) is 5.99. The Labute approximate surface area is 130 Å². The summed E-state index contributed by atoms with van der Waals surface area (Å²) in [6.07, 6.45) is 2.20. The molecule has 2 aliphatic rings. The number of fused-ring (bicyclic) bond motifs is 3. The fraction of sp³-hybridized carbons (Fsp3) is 0.588. The maximum atomic E-state index is 5.76. The fourth-order valence-electron chi connectivity index (χ4n) is 3.48. The highest BCUT2D eigenvalue weighted by molar-refractivity contribution is 5.77. The lowest BCUT2D eigenvalue weighted by molar-refractivity contribution is 0.0491. The van der Waals surface area contributed by atoms with Gasteiger partial charge in [0.2, 0.25) is 0 Å². The highest BCUT2D eigenvalue weighted by atomic mass is 16.5. The van der Waals surface area contributed by atoms with Gasteiger partial charge in [-0.1, -0.05) is 6.07 Å². The SMILES string of the molecule is Cc1ccc2nc3n(c2c1)[C@@H](CNC1CCOCC1)COC3. The number of aromatic nitrogens is 2. The van der Waals surface area contributed by atoms with Gasteiger partial charge in [0, 0.05) is 25.8 Å².